The summed E-state index contributed by atoms with van der Waals surface area (Å²) >= 11 is 0. The molecule has 1 aliphatic carbocycles. The van der Waals surface area contributed by atoms with Crippen molar-refractivity contribution in [2.24, 2.45) is 17.3 Å². The second-order valence-electron chi connectivity index (χ2n) is 12.7. The monoisotopic (exact) mass is 632 g/mol. The average Bonchev–Trinajstić information content (AvgIpc) is 3.28. The predicted molar refractivity (Wildman–Crippen MR) is 179 cm³/mol. The van der Waals surface area contributed by atoms with Gasteiger partial charge in [0.15, 0.2) is 0 Å². The minimum Gasteiger partial charge on any atom is -0.427 e. The molecule has 4 atom stereocenters. The molecule has 248 valence electrons. The van der Waals surface area contributed by atoms with E-state index in [0.29, 0.717) is 42.0 Å². The van der Waals surface area contributed by atoms with Crippen molar-refractivity contribution in [2.75, 3.05) is 10.6 Å². The van der Waals surface area contributed by atoms with Gasteiger partial charge in [-0.2, -0.15) is 0 Å². The molecule has 0 bridgehead atoms. The Hall–Kier alpha value is -4.08. The molecule has 1 aliphatic rings. The fraction of sp³-hybridized carbons (Fsp3) is 0.459. The zero-order valence-corrected chi connectivity index (χ0v) is 27.3. The number of amides is 2. The fourth-order valence-corrected chi connectivity index (χ4v) is 5.43. The van der Waals surface area contributed by atoms with Gasteiger partial charge >= 0.3 is 5.97 Å². The molecule has 2 aromatic rings. The predicted octanol–water partition coefficient (Wildman–Crippen LogP) is 6.62. The van der Waals surface area contributed by atoms with Gasteiger partial charge in [-0.05, 0) is 79.6 Å². The number of unbranched alkanes of at least 4 members (excludes halogenated alkanes) is 2. The Morgan fingerprint density at radius 3 is 2.30 bits per heavy atom. The fourth-order valence-electron chi connectivity index (χ4n) is 5.43. The first-order chi connectivity index (χ1) is 21.9. The van der Waals surface area contributed by atoms with E-state index in [1.54, 1.807) is 54.6 Å². The van der Waals surface area contributed by atoms with E-state index in [0.717, 1.165) is 19.3 Å². The number of Topliss-reactive ketones (excluding diaryl/α,β-unsaturated/α-hetero) is 1. The lowest BCUT2D eigenvalue weighted by Gasteiger charge is -2.29. The van der Waals surface area contributed by atoms with Gasteiger partial charge in [-0.1, -0.05) is 57.9 Å². The largest absolute Gasteiger partial charge is 0.427 e. The number of hydrogen-bond acceptors (Lipinski definition) is 7. The number of carbonyl (C=O) groups excluding carboxylic acids is 4. The third kappa shape index (κ3) is 11.4. The van der Waals surface area contributed by atoms with Gasteiger partial charge in [0.25, 0.3) is 5.91 Å². The SMILES string of the molecule is CCCCC(C)(C)C(O)C=CC1C(O)CC(=O)C1CC=CCCCC(=O)Oc1ccc(NC(=O)c2ccc(NC(C)=O)cc2)cc1. The Morgan fingerprint density at radius 2 is 1.65 bits per heavy atom. The number of nitrogens with one attached hydrogen (secondary N) is 2. The summed E-state index contributed by atoms with van der Waals surface area (Å²) in [7, 11) is 0. The van der Waals surface area contributed by atoms with Crippen LogP contribution in [0.1, 0.15) is 89.4 Å². The Balaban J connectivity index is 1.39. The maximum atomic E-state index is 12.6. The van der Waals surface area contributed by atoms with Crippen LogP contribution in [-0.4, -0.2) is 46.0 Å². The zero-order chi connectivity index (χ0) is 33.7. The maximum Gasteiger partial charge on any atom is 0.311 e. The lowest BCUT2D eigenvalue weighted by Crippen LogP contribution is -2.28. The van der Waals surface area contributed by atoms with E-state index < -0.39 is 12.2 Å². The van der Waals surface area contributed by atoms with Crippen LogP contribution in [0, 0.1) is 17.3 Å². The first-order valence-corrected chi connectivity index (χ1v) is 16.1. The zero-order valence-electron chi connectivity index (χ0n) is 27.3. The molecule has 4 N–H and O–H groups in total. The number of hydrogen-bond donors (Lipinski definition) is 4. The van der Waals surface area contributed by atoms with Crippen molar-refractivity contribution in [1.82, 2.24) is 0 Å². The van der Waals surface area contributed by atoms with E-state index in [1.165, 1.54) is 6.92 Å². The van der Waals surface area contributed by atoms with E-state index in [2.05, 4.69) is 17.6 Å². The first-order valence-electron chi connectivity index (χ1n) is 16.1. The minimum absolute atomic E-state index is 0.0260. The summed E-state index contributed by atoms with van der Waals surface area (Å²) in [5.74, 6) is -1.14. The summed E-state index contributed by atoms with van der Waals surface area (Å²) in [5.41, 5.74) is 1.30. The summed E-state index contributed by atoms with van der Waals surface area (Å²) < 4.78 is 5.41. The molecule has 2 amide bonds. The molecular formula is C37H48N2O7. The van der Waals surface area contributed by atoms with E-state index >= 15 is 0 Å². The van der Waals surface area contributed by atoms with Gasteiger partial charge in [0.1, 0.15) is 11.5 Å². The van der Waals surface area contributed by atoms with Crippen LogP contribution in [0.25, 0.3) is 0 Å². The van der Waals surface area contributed by atoms with Crippen molar-refractivity contribution in [3.05, 3.63) is 78.4 Å². The second-order valence-corrected chi connectivity index (χ2v) is 12.7. The van der Waals surface area contributed by atoms with Crippen LogP contribution in [0.3, 0.4) is 0 Å². The molecule has 0 heterocycles. The van der Waals surface area contributed by atoms with Crippen molar-refractivity contribution in [1.29, 1.82) is 0 Å². The Morgan fingerprint density at radius 1 is 1.00 bits per heavy atom. The molecular weight excluding hydrogens is 584 g/mol. The quantitative estimate of drug-likeness (QED) is 0.0705. The number of carbonyl (C=O) groups is 4. The highest BCUT2D eigenvalue weighted by atomic mass is 16.5. The van der Waals surface area contributed by atoms with Crippen LogP contribution < -0.4 is 15.4 Å². The van der Waals surface area contributed by atoms with Gasteiger partial charge in [-0.15, -0.1) is 0 Å². The summed E-state index contributed by atoms with van der Waals surface area (Å²) in [4.78, 5) is 48.5. The van der Waals surface area contributed by atoms with Crippen LogP contribution in [0.4, 0.5) is 11.4 Å². The molecule has 4 unspecified atom stereocenters. The lowest BCUT2D eigenvalue weighted by atomic mass is 9.80. The maximum absolute atomic E-state index is 12.6. The smallest absolute Gasteiger partial charge is 0.311 e. The van der Waals surface area contributed by atoms with Crippen molar-refractivity contribution < 1.29 is 34.1 Å². The highest BCUT2D eigenvalue weighted by molar-refractivity contribution is 6.04. The number of aliphatic hydroxyl groups is 2. The number of ether oxygens (including phenoxy) is 1. The molecule has 0 aliphatic heterocycles. The summed E-state index contributed by atoms with van der Waals surface area (Å²) in [6.45, 7) is 7.59. The molecule has 0 aromatic heterocycles. The molecule has 3 rings (SSSR count). The minimum atomic E-state index is -0.747. The molecule has 9 nitrogen and oxygen atoms in total. The number of rotatable bonds is 16. The van der Waals surface area contributed by atoms with E-state index in [1.807, 2.05) is 32.1 Å². The highest BCUT2D eigenvalue weighted by Gasteiger charge is 2.39. The number of esters is 1. The standard InChI is InChI=1S/C37H48N2O7/c1-5-6-23-37(3,4)34(43)22-21-31-30(32(41)24-33(31)42)11-9-7-8-10-12-35(44)46-29-19-17-28(18-20-29)39-36(45)26-13-15-27(16-14-26)38-25(2)40/h7,9,13-22,30-31,33-34,42-43H,5-6,8,10-12,23-24H2,1-4H3,(H,38,40)(H,39,45). The molecule has 0 radical (unpaired) electrons. The van der Waals surface area contributed by atoms with Crippen molar-refractivity contribution in [2.45, 2.75) is 91.3 Å². The summed E-state index contributed by atoms with van der Waals surface area (Å²) in [6.07, 6.45) is 11.1. The van der Waals surface area contributed by atoms with Gasteiger partial charge in [0, 0.05) is 48.5 Å². The van der Waals surface area contributed by atoms with Crippen LogP contribution >= 0.6 is 0 Å². The first kappa shape index (κ1) is 36.4. The Labute approximate surface area is 272 Å². The number of allylic oxidation sites excluding steroid dienone is 2. The number of benzene rings is 2. The van der Waals surface area contributed by atoms with Crippen molar-refractivity contribution >= 4 is 34.9 Å². The van der Waals surface area contributed by atoms with E-state index in [9.17, 15) is 29.4 Å². The van der Waals surface area contributed by atoms with Gasteiger partial charge in [-0.25, -0.2) is 0 Å². The summed E-state index contributed by atoms with van der Waals surface area (Å²) in [5, 5.41) is 26.6. The van der Waals surface area contributed by atoms with E-state index in [4.69, 9.17) is 4.74 Å². The van der Waals surface area contributed by atoms with Crippen LogP contribution in [-0.2, 0) is 14.4 Å². The molecule has 2 aromatic carbocycles. The third-order valence-corrected chi connectivity index (χ3v) is 8.34. The molecule has 1 saturated carbocycles. The van der Waals surface area contributed by atoms with Crippen LogP contribution in [0.15, 0.2) is 72.8 Å². The normalized spacial score (nSPS) is 19.0. The molecule has 9 heteroatoms. The Kier molecular flexibility index (Phi) is 13.9. The van der Waals surface area contributed by atoms with Gasteiger partial charge in [-0.3, -0.25) is 19.2 Å². The van der Waals surface area contributed by atoms with Gasteiger partial charge in [0.2, 0.25) is 5.91 Å². The molecule has 1 fully saturated rings. The third-order valence-electron chi connectivity index (χ3n) is 8.34. The van der Waals surface area contributed by atoms with Gasteiger partial charge < -0.3 is 25.6 Å². The number of ketones is 1. The topological polar surface area (TPSA) is 142 Å². The van der Waals surface area contributed by atoms with Gasteiger partial charge in [0.05, 0.1) is 12.2 Å². The van der Waals surface area contributed by atoms with E-state index in [-0.39, 0.29) is 53.7 Å². The lowest BCUT2D eigenvalue weighted by molar-refractivity contribution is -0.134. The molecule has 46 heavy (non-hydrogen) atoms. The Bertz CT molecular complexity index is 1380. The van der Waals surface area contributed by atoms with Crippen molar-refractivity contribution in [3.8, 4) is 5.75 Å². The number of anilines is 2. The number of aliphatic hydroxyl groups excluding tert-OH is 2. The highest BCUT2D eigenvalue weighted by Crippen LogP contribution is 2.35. The van der Waals surface area contributed by atoms with Crippen LogP contribution in [0.5, 0.6) is 5.75 Å². The molecule has 0 saturated heterocycles. The molecule has 0 spiro atoms. The second kappa shape index (κ2) is 17.6. The summed E-state index contributed by atoms with van der Waals surface area (Å²) in [6, 6.07) is 13.0. The average molecular weight is 633 g/mol. The van der Waals surface area contributed by atoms with Crippen molar-refractivity contribution in [3.63, 3.8) is 0 Å². The van der Waals surface area contributed by atoms with Crippen LogP contribution in [0.2, 0.25) is 0 Å².